The highest BCUT2D eigenvalue weighted by Gasteiger charge is 2.38. The first-order valence-corrected chi connectivity index (χ1v) is 6.47. The molecule has 1 aromatic heterocycles. The van der Waals surface area contributed by atoms with E-state index in [2.05, 4.69) is 20.3 Å². The SMILES string of the molecule is OC(CNc1nc(Cl)nc(N2CCOCC2)n1)C(F)(F)F. The van der Waals surface area contributed by atoms with Crippen molar-refractivity contribution in [2.75, 3.05) is 43.1 Å². The minimum atomic E-state index is -4.71. The number of alkyl halides is 3. The second kappa shape index (κ2) is 6.58. The van der Waals surface area contributed by atoms with Crippen molar-refractivity contribution in [3.05, 3.63) is 5.28 Å². The molecule has 0 aliphatic carbocycles. The van der Waals surface area contributed by atoms with Crippen LogP contribution in [-0.4, -0.2) is 65.2 Å². The summed E-state index contributed by atoms with van der Waals surface area (Å²) in [5.74, 6) is 0.127. The van der Waals surface area contributed by atoms with Crippen LogP contribution in [0.1, 0.15) is 0 Å². The number of aliphatic hydroxyl groups excluding tert-OH is 1. The van der Waals surface area contributed by atoms with Gasteiger partial charge in [0.2, 0.25) is 17.2 Å². The molecule has 1 fully saturated rings. The van der Waals surface area contributed by atoms with Gasteiger partial charge in [-0.2, -0.15) is 28.1 Å². The summed E-state index contributed by atoms with van der Waals surface area (Å²) in [6.07, 6.45) is -7.23. The van der Waals surface area contributed by atoms with Gasteiger partial charge >= 0.3 is 6.18 Å². The Morgan fingerprint density at radius 1 is 1.29 bits per heavy atom. The van der Waals surface area contributed by atoms with Crippen molar-refractivity contribution < 1.29 is 23.0 Å². The van der Waals surface area contributed by atoms with Crippen molar-refractivity contribution in [3.63, 3.8) is 0 Å². The number of halogens is 4. The summed E-state index contributed by atoms with van der Waals surface area (Å²) in [6, 6.07) is 0. The van der Waals surface area contributed by atoms with Gasteiger partial charge in [-0.05, 0) is 11.6 Å². The van der Waals surface area contributed by atoms with Gasteiger partial charge in [0.1, 0.15) is 0 Å². The predicted octanol–water partition coefficient (Wildman–Crippen LogP) is 0.697. The lowest BCUT2D eigenvalue weighted by atomic mass is 10.3. The van der Waals surface area contributed by atoms with Crippen molar-refractivity contribution in [1.82, 2.24) is 15.0 Å². The maximum Gasteiger partial charge on any atom is 0.416 e. The second-order valence-electron chi connectivity index (χ2n) is 4.27. The van der Waals surface area contributed by atoms with Crippen molar-refractivity contribution in [2.24, 2.45) is 0 Å². The lowest BCUT2D eigenvalue weighted by Gasteiger charge is -2.26. The number of nitrogens with zero attached hydrogens (tertiary/aromatic N) is 4. The largest absolute Gasteiger partial charge is 0.416 e. The van der Waals surface area contributed by atoms with Crippen molar-refractivity contribution in [3.8, 4) is 0 Å². The number of hydrogen-bond donors (Lipinski definition) is 2. The average Bonchev–Trinajstić information content (AvgIpc) is 2.44. The Morgan fingerprint density at radius 3 is 2.57 bits per heavy atom. The summed E-state index contributed by atoms with van der Waals surface area (Å²) in [5.41, 5.74) is 0. The molecular weight excluding hydrogens is 315 g/mol. The van der Waals surface area contributed by atoms with Gasteiger partial charge in [-0.3, -0.25) is 0 Å². The highest BCUT2D eigenvalue weighted by Crippen LogP contribution is 2.20. The number of hydrogen-bond acceptors (Lipinski definition) is 7. The van der Waals surface area contributed by atoms with Crippen LogP contribution in [0.15, 0.2) is 0 Å². The lowest BCUT2D eigenvalue weighted by molar-refractivity contribution is -0.198. The molecule has 118 valence electrons. The Balaban J connectivity index is 2.04. The van der Waals surface area contributed by atoms with E-state index < -0.39 is 18.8 Å². The molecule has 0 bridgehead atoms. The fourth-order valence-corrected chi connectivity index (χ4v) is 1.78. The molecule has 7 nitrogen and oxygen atoms in total. The summed E-state index contributed by atoms with van der Waals surface area (Å²) >= 11 is 5.73. The van der Waals surface area contributed by atoms with E-state index in [1.54, 1.807) is 4.90 Å². The third-order valence-corrected chi connectivity index (χ3v) is 2.89. The van der Waals surface area contributed by atoms with Crippen LogP contribution in [0.3, 0.4) is 0 Å². The van der Waals surface area contributed by atoms with Gasteiger partial charge in [0.15, 0.2) is 6.10 Å². The molecule has 2 N–H and O–H groups in total. The van der Waals surface area contributed by atoms with Gasteiger partial charge in [0.05, 0.1) is 19.8 Å². The van der Waals surface area contributed by atoms with Gasteiger partial charge in [0.25, 0.3) is 0 Å². The Morgan fingerprint density at radius 2 is 1.95 bits per heavy atom. The molecule has 1 saturated heterocycles. The molecule has 0 aromatic carbocycles. The van der Waals surface area contributed by atoms with Crippen LogP contribution in [0.4, 0.5) is 25.1 Å². The molecule has 21 heavy (non-hydrogen) atoms. The molecule has 1 unspecified atom stereocenters. The number of rotatable bonds is 4. The molecule has 0 saturated carbocycles. The molecular formula is C10H13ClF3N5O2. The minimum Gasteiger partial charge on any atom is -0.382 e. The lowest BCUT2D eigenvalue weighted by Crippen LogP contribution is -2.38. The molecule has 0 radical (unpaired) electrons. The molecule has 1 atom stereocenters. The number of ether oxygens (including phenoxy) is 1. The van der Waals surface area contributed by atoms with Crippen LogP contribution in [0.5, 0.6) is 0 Å². The number of anilines is 2. The van der Waals surface area contributed by atoms with E-state index in [4.69, 9.17) is 21.4 Å². The van der Waals surface area contributed by atoms with Crippen LogP contribution in [0.25, 0.3) is 0 Å². The fourth-order valence-electron chi connectivity index (χ4n) is 1.63. The summed E-state index contributed by atoms with van der Waals surface area (Å²) in [7, 11) is 0. The van der Waals surface area contributed by atoms with Crippen LogP contribution >= 0.6 is 11.6 Å². The van der Waals surface area contributed by atoms with Gasteiger partial charge in [-0.25, -0.2) is 0 Å². The van der Waals surface area contributed by atoms with E-state index in [1.807, 2.05) is 0 Å². The zero-order chi connectivity index (χ0) is 15.5. The Hall–Kier alpha value is -1.39. The first-order valence-electron chi connectivity index (χ1n) is 6.09. The van der Waals surface area contributed by atoms with Crippen molar-refractivity contribution in [1.29, 1.82) is 0 Å². The highest BCUT2D eigenvalue weighted by molar-refractivity contribution is 6.28. The molecule has 1 aliphatic rings. The van der Waals surface area contributed by atoms with E-state index in [0.29, 0.717) is 26.3 Å². The van der Waals surface area contributed by atoms with Gasteiger partial charge < -0.3 is 20.1 Å². The van der Waals surface area contributed by atoms with E-state index in [-0.39, 0.29) is 17.2 Å². The minimum absolute atomic E-state index is 0.125. The van der Waals surface area contributed by atoms with Gasteiger partial charge in [0, 0.05) is 13.1 Å². The summed E-state index contributed by atoms with van der Waals surface area (Å²) in [5, 5.41) is 11.1. The van der Waals surface area contributed by atoms with E-state index in [0.717, 1.165) is 0 Å². The molecule has 11 heteroatoms. The second-order valence-corrected chi connectivity index (χ2v) is 4.60. The van der Waals surface area contributed by atoms with Crippen LogP contribution in [-0.2, 0) is 4.74 Å². The first kappa shape index (κ1) is 16.0. The Kier molecular flexibility index (Phi) is 5.01. The maximum atomic E-state index is 12.2. The normalized spacial score (nSPS) is 17.7. The zero-order valence-corrected chi connectivity index (χ0v) is 11.5. The molecule has 1 aliphatic heterocycles. The van der Waals surface area contributed by atoms with Crippen LogP contribution in [0.2, 0.25) is 5.28 Å². The first-order chi connectivity index (χ1) is 9.86. The third kappa shape index (κ3) is 4.55. The topological polar surface area (TPSA) is 83.4 Å². The zero-order valence-electron chi connectivity index (χ0n) is 10.8. The smallest absolute Gasteiger partial charge is 0.382 e. The van der Waals surface area contributed by atoms with E-state index in [1.165, 1.54) is 0 Å². The quantitative estimate of drug-likeness (QED) is 0.842. The Labute approximate surface area is 123 Å². The Bertz CT molecular complexity index is 484. The molecule has 2 heterocycles. The molecule has 2 rings (SSSR count). The van der Waals surface area contributed by atoms with Crippen molar-refractivity contribution in [2.45, 2.75) is 12.3 Å². The molecule has 0 spiro atoms. The number of morpholine rings is 1. The number of nitrogens with one attached hydrogen (secondary N) is 1. The highest BCUT2D eigenvalue weighted by atomic mass is 35.5. The number of aromatic nitrogens is 3. The average molecular weight is 328 g/mol. The standard InChI is InChI=1S/C10H13ClF3N5O2/c11-7-16-8(15-5-6(20)10(12,13)14)18-9(17-7)19-1-3-21-4-2-19/h6,20H,1-5H2,(H,15,16,17,18). The monoisotopic (exact) mass is 327 g/mol. The van der Waals surface area contributed by atoms with E-state index in [9.17, 15) is 13.2 Å². The van der Waals surface area contributed by atoms with E-state index >= 15 is 0 Å². The summed E-state index contributed by atoms with van der Waals surface area (Å²) in [4.78, 5) is 13.4. The van der Waals surface area contributed by atoms with Gasteiger partial charge in [-0.1, -0.05) is 0 Å². The van der Waals surface area contributed by atoms with Crippen LogP contribution in [0, 0.1) is 0 Å². The van der Waals surface area contributed by atoms with Crippen LogP contribution < -0.4 is 10.2 Å². The fraction of sp³-hybridized carbons (Fsp3) is 0.700. The maximum absolute atomic E-state index is 12.2. The van der Waals surface area contributed by atoms with Crippen molar-refractivity contribution >= 4 is 23.5 Å². The third-order valence-electron chi connectivity index (χ3n) is 2.72. The molecule has 1 aromatic rings. The summed E-state index contributed by atoms with van der Waals surface area (Å²) in [6.45, 7) is 1.32. The van der Waals surface area contributed by atoms with Gasteiger partial charge in [-0.15, -0.1) is 0 Å². The number of aliphatic hydroxyl groups is 1. The summed E-state index contributed by atoms with van der Waals surface area (Å²) < 4.78 is 41.8. The predicted molar refractivity (Wildman–Crippen MR) is 68.4 cm³/mol. The molecule has 0 amide bonds.